The van der Waals surface area contributed by atoms with Crippen LogP contribution in [-0.2, 0) is 0 Å². The highest BCUT2D eigenvalue weighted by Gasteiger charge is 2.23. The van der Waals surface area contributed by atoms with Crippen LogP contribution in [0.25, 0.3) is 0 Å². The summed E-state index contributed by atoms with van der Waals surface area (Å²) in [7, 11) is 0. The van der Waals surface area contributed by atoms with Gasteiger partial charge in [0.2, 0.25) is 0 Å². The zero-order chi connectivity index (χ0) is 17.8. The van der Waals surface area contributed by atoms with E-state index in [1.54, 1.807) is 24.3 Å². The minimum absolute atomic E-state index is 0.0709. The van der Waals surface area contributed by atoms with Crippen molar-refractivity contribution in [3.63, 3.8) is 0 Å². The Morgan fingerprint density at radius 1 is 0.840 bits per heavy atom. The summed E-state index contributed by atoms with van der Waals surface area (Å²) in [5.41, 5.74) is 1.36. The highest BCUT2D eigenvalue weighted by atomic mass is 16.2. The number of nitrogens with zero attached hydrogens (tertiary/aromatic N) is 3. The lowest BCUT2D eigenvalue weighted by Crippen LogP contribution is -2.48. The number of piperazine rings is 1. The molecule has 0 bridgehead atoms. The summed E-state index contributed by atoms with van der Waals surface area (Å²) in [6.45, 7) is 10.5. The number of benzene rings is 1. The zero-order valence-electron chi connectivity index (χ0n) is 15.4. The maximum absolute atomic E-state index is 12.6. The lowest BCUT2D eigenvalue weighted by Gasteiger charge is -2.34. The van der Waals surface area contributed by atoms with Crippen LogP contribution < -0.4 is 0 Å². The molecule has 2 aliphatic heterocycles. The summed E-state index contributed by atoms with van der Waals surface area (Å²) in [5.74, 6) is 0.862. The van der Waals surface area contributed by atoms with E-state index < -0.39 is 0 Å². The first-order valence-corrected chi connectivity index (χ1v) is 9.49. The van der Waals surface area contributed by atoms with E-state index in [9.17, 15) is 9.59 Å². The molecular formula is C20H29N3O2. The Morgan fingerprint density at radius 3 is 1.72 bits per heavy atom. The molecule has 0 atom stereocenters. The predicted octanol–water partition coefficient (Wildman–Crippen LogP) is 2.34. The molecule has 25 heavy (non-hydrogen) atoms. The third-order valence-corrected chi connectivity index (χ3v) is 5.56. The second-order valence-electron chi connectivity index (χ2n) is 7.28. The lowest BCUT2D eigenvalue weighted by molar-refractivity contribution is 0.0641. The van der Waals surface area contributed by atoms with Gasteiger partial charge in [0.1, 0.15) is 0 Å². The average molecular weight is 343 g/mol. The standard InChI is InChI=1S/C20H29N3O2/c1-3-21-12-14-23(15-13-21)20(25)18-6-4-17(5-7-18)19(24)22-10-8-16(2)9-11-22/h4-7,16H,3,8-15H2,1-2H3. The molecule has 0 unspecified atom stereocenters. The van der Waals surface area contributed by atoms with Crippen LogP contribution in [0.5, 0.6) is 0 Å². The maximum atomic E-state index is 12.6. The molecule has 0 radical (unpaired) electrons. The topological polar surface area (TPSA) is 43.9 Å². The Morgan fingerprint density at radius 2 is 1.28 bits per heavy atom. The van der Waals surface area contributed by atoms with Crippen molar-refractivity contribution in [2.75, 3.05) is 45.8 Å². The van der Waals surface area contributed by atoms with Gasteiger partial charge in [0.15, 0.2) is 0 Å². The first-order valence-electron chi connectivity index (χ1n) is 9.49. The highest BCUT2D eigenvalue weighted by molar-refractivity contribution is 5.97. The van der Waals surface area contributed by atoms with Crippen LogP contribution >= 0.6 is 0 Å². The summed E-state index contributed by atoms with van der Waals surface area (Å²) in [5, 5.41) is 0. The van der Waals surface area contributed by atoms with Crippen LogP contribution in [0.15, 0.2) is 24.3 Å². The molecule has 2 saturated heterocycles. The number of hydrogen-bond acceptors (Lipinski definition) is 3. The Kier molecular flexibility index (Phi) is 5.74. The number of carbonyl (C=O) groups is 2. The molecule has 0 aliphatic carbocycles. The van der Waals surface area contributed by atoms with Crippen molar-refractivity contribution in [2.24, 2.45) is 5.92 Å². The van der Waals surface area contributed by atoms with E-state index >= 15 is 0 Å². The van der Waals surface area contributed by atoms with Crippen molar-refractivity contribution in [3.05, 3.63) is 35.4 Å². The van der Waals surface area contributed by atoms with Crippen molar-refractivity contribution in [3.8, 4) is 0 Å². The summed E-state index contributed by atoms with van der Waals surface area (Å²) >= 11 is 0. The Balaban J connectivity index is 1.60. The van der Waals surface area contributed by atoms with Gasteiger partial charge in [-0.1, -0.05) is 13.8 Å². The van der Waals surface area contributed by atoms with Crippen molar-refractivity contribution in [2.45, 2.75) is 26.7 Å². The zero-order valence-corrected chi connectivity index (χ0v) is 15.4. The van der Waals surface area contributed by atoms with E-state index in [0.29, 0.717) is 17.0 Å². The normalized spacial score (nSPS) is 19.9. The van der Waals surface area contributed by atoms with Gasteiger partial charge in [-0.25, -0.2) is 0 Å². The molecule has 0 spiro atoms. The molecule has 0 saturated carbocycles. The number of rotatable bonds is 3. The van der Waals surface area contributed by atoms with Gasteiger partial charge in [-0.05, 0) is 49.6 Å². The fourth-order valence-electron chi connectivity index (χ4n) is 3.60. The molecule has 0 aromatic heterocycles. The number of likely N-dealkylation sites (tertiary alicyclic amines) is 1. The van der Waals surface area contributed by atoms with Gasteiger partial charge in [0.25, 0.3) is 11.8 Å². The lowest BCUT2D eigenvalue weighted by atomic mass is 9.98. The first-order chi connectivity index (χ1) is 12.1. The number of amides is 2. The van der Waals surface area contributed by atoms with Crippen molar-refractivity contribution in [1.29, 1.82) is 0 Å². The molecule has 2 aliphatic rings. The molecule has 136 valence electrons. The smallest absolute Gasteiger partial charge is 0.253 e. The Hall–Kier alpha value is -1.88. The molecule has 5 nitrogen and oxygen atoms in total. The minimum atomic E-state index is 0.0709. The van der Waals surface area contributed by atoms with E-state index in [1.165, 1.54) is 0 Å². The van der Waals surface area contributed by atoms with Crippen molar-refractivity contribution >= 4 is 11.8 Å². The fourth-order valence-corrected chi connectivity index (χ4v) is 3.60. The number of hydrogen-bond donors (Lipinski definition) is 0. The fraction of sp³-hybridized carbons (Fsp3) is 0.600. The van der Waals surface area contributed by atoms with E-state index in [4.69, 9.17) is 0 Å². The summed E-state index contributed by atoms with van der Waals surface area (Å²) in [6.07, 6.45) is 2.15. The van der Waals surface area contributed by atoms with E-state index in [-0.39, 0.29) is 11.8 Å². The van der Waals surface area contributed by atoms with Gasteiger partial charge in [0, 0.05) is 50.4 Å². The van der Waals surface area contributed by atoms with E-state index in [1.807, 2.05) is 9.80 Å². The third-order valence-electron chi connectivity index (χ3n) is 5.56. The predicted molar refractivity (Wildman–Crippen MR) is 98.8 cm³/mol. The molecule has 2 heterocycles. The monoisotopic (exact) mass is 343 g/mol. The number of piperidine rings is 1. The van der Waals surface area contributed by atoms with Gasteiger partial charge >= 0.3 is 0 Å². The second-order valence-corrected chi connectivity index (χ2v) is 7.28. The summed E-state index contributed by atoms with van der Waals surface area (Å²) in [6, 6.07) is 7.20. The van der Waals surface area contributed by atoms with Crippen LogP contribution in [0.1, 0.15) is 47.4 Å². The summed E-state index contributed by atoms with van der Waals surface area (Å²) < 4.78 is 0. The maximum Gasteiger partial charge on any atom is 0.253 e. The quantitative estimate of drug-likeness (QED) is 0.846. The molecule has 1 aromatic rings. The molecule has 0 N–H and O–H groups in total. The second kappa shape index (κ2) is 8.00. The van der Waals surface area contributed by atoms with Gasteiger partial charge in [-0.15, -0.1) is 0 Å². The van der Waals surface area contributed by atoms with Crippen LogP contribution in [0.2, 0.25) is 0 Å². The highest BCUT2D eigenvalue weighted by Crippen LogP contribution is 2.19. The van der Waals surface area contributed by atoms with Gasteiger partial charge in [-0.3, -0.25) is 9.59 Å². The molecule has 1 aromatic carbocycles. The third kappa shape index (κ3) is 4.21. The van der Waals surface area contributed by atoms with Crippen LogP contribution in [0.4, 0.5) is 0 Å². The number of carbonyl (C=O) groups excluding carboxylic acids is 2. The molecule has 3 rings (SSSR count). The Labute approximate surface area is 150 Å². The van der Waals surface area contributed by atoms with E-state index in [2.05, 4.69) is 18.7 Å². The van der Waals surface area contributed by atoms with Crippen molar-refractivity contribution in [1.82, 2.24) is 14.7 Å². The van der Waals surface area contributed by atoms with Gasteiger partial charge < -0.3 is 14.7 Å². The van der Waals surface area contributed by atoms with Crippen LogP contribution in [0.3, 0.4) is 0 Å². The summed E-state index contributed by atoms with van der Waals surface area (Å²) in [4.78, 5) is 31.4. The van der Waals surface area contributed by atoms with Crippen LogP contribution in [-0.4, -0.2) is 72.3 Å². The number of likely N-dealkylation sites (N-methyl/N-ethyl adjacent to an activating group) is 1. The SMILES string of the molecule is CCN1CCN(C(=O)c2ccc(C(=O)N3CCC(C)CC3)cc2)CC1. The molecule has 2 fully saturated rings. The first kappa shape index (κ1) is 17.9. The van der Waals surface area contributed by atoms with Gasteiger partial charge in [-0.2, -0.15) is 0 Å². The largest absolute Gasteiger partial charge is 0.339 e. The van der Waals surface area contributed by atoms with Crippen LogP contribution in [0, 0.1) is 5.92 Å². The average Bonchev–Trinajstić information content (AvgIpc) is 2.67. The Bertz CT molecular complexity index is 598. The van der Waals surface area contributed by atoms with Crippen molar-refractivity contribution < 1.29 is 9.59 Å². The molecular weight excluding hydrogens is 314 g/mol. The molecule has 2 amide bonds. The van der Waals surface area contributed by atoms with E-state index in [0.717, 1.165) is 58.7 Å². The minimum Gasteiger partial charge on any atom is -0.339 e. The molecule has 5 heteroatoms. The van der Waals surface area contributed by atoms with Gasteiger partial charge in [0.05, 0.1) is 0 Å².